The molecule has 3 aromatic rings. The molecule has 0 spiro atoms. The van der Waals surface area contributed by atoms with Crippen molar-refractivity contribution in [1.29, 1.82) is 0 Å². The Morgan fingerprint density at radius 1 is 1.05 bits per heavy atom. The van der Waals surface area contributed by atoms with E-state index in [1.54, 1.807) is 4.57 Å². The van der Waals surface area contributed by atoms with Crippen LogP contribution in [0.15, 0.2) is 59.5 Å². The van der Waals surface area contributed by atoms with Crippen LogP contribution in [0.4, 0.5) is 8.78 Å². The highest BCUT2D eigenvalue weighted by molar-refractivity contribution is 5.99. The van der Waals surface area contributed by atoms with Crippen LogP contribution in [-0.2, 0) is 19.7 Å². The van der Waals surface area contributed by atoms with Gasteiger partial charge in [0.15, 0.2) is 11.4 Å². The van der Waals surface area contributed by atoms with E-state index in [9.17, 15) is 28.3 Å². The zero-order valence-corrected chi connectivity index (χ0v) is 23.7. The molecule has 1 saturated carbocycles. The molecule has 1 saturated heterocycles. The second kappa shape index (κ2) is 12.3. The number of carbonyl (C=O) groups excluding carboxylic acids is 2. The predicted octanol–water partition coefficient (Wildman–Crippen LogP) is 3.28. The van der Waals surface area contributed by atoms with E-state index >= 15 is 0 Å². The Hall–Kier alpha value is -4.09. The minimum absolute atomic E-state index is 0.00828. The number of carbonyl (C=O) groups is 2. The second-order valence-corrected chi connectivity index (χ2v) is 11.4. The van der Waals surface area contributed by atoms with Crippen molar-refractivity contribution in [3.8, 4) is 5.75 Å². The van der Waals surface area contributed by atoms with Gasteiger partial charge < -0.3 is 24.6 Å². The second-order valence-electron chi connectivity index (χ2n) is 11.4. The number of amides is 2. The third-order valence-electron chi connectivity index (χ3n) is 8.79. The molecule has 3 atom stereocenters. The molecule has 3 heterocycles. The first-order valence-electron chi connectivity index (χ1n) is 14.7. The number of benzene rings is 2. The van der Waals surface area contributed by atoms with Crippen LogP contribution >= 0.6 is 0 Å². The molecule has 11 heteroatoms. The Labute approximate surface area is 247 Å². The van der Waals surface area contributed by atoms with E-state index in [2.05, 4.69) is 10.2 Å². The lowest BCUT2D eigenvalue weighted by Gasteiger charge is -2.55. The molecule has 2 amide bonds. The van der Waals surface area contributed by atoms with Crippen molar-refractivity contribution < 1.29 is 28.2 Å². The molecule has 1 aromatic heterocycles. The topological polar surface area (TPSA) is 104 Å². The van der Waals surface area contributed by atoms with Gasteiger partial charge in [0.2, 0.25) is 5.43 Å². The molecule has 2 N–H and O–H groups in total. The number of halogens is 2. The van der Waals surface area contributed by atoms with Crippen molar-refractivity contribution in [2.75, 3.05) is 19.7 Å². The summed E-state index contributed by atoms with van der Waals surface area (Å²) in [6, 6.07) is 12.2. The van der Waals surface area contributed by atoms with Crippen LogP contribution in [-0.4, -0.2) is 63.2 Å². The Morgan fingerprint density at radius 2 is 1.84 bits per heavy atom. The first-order chi connectivity index (χ1) is 20.9. The van der Waals surface area contributed by atoms with E-state index in [-0.39, 0.29) is 72.9 Å². The van der Waals surface area contributed by atoms with E-state index in [0.717, 1.165) is 49.9 Å². The summed E-state index contributed by atoms with van der Waals surface area (Å²) in [7, 11) is 0. The summed E-state index contributed by atoms with van der Waals surface area (Å²) in [6.07, 6.45) is 4.95. The van der Waals surface area contributed by atoms with Crippen LogP contribution in [0.5, 0.6) is 5.75 Å². The van der Waals surface area contributed by atoms with E-state index in [4.69, 9.17) is 4.74 Å². The Bertz CT molecular complexity index is 1580. The highest BCUT2D eigenvalue weighted by atomic mass is 19.1. The zero-order chi connectivity index (χ0) is 30.1. The smallest absolute Gasteiger partial charge is 0.276 e. The van der Waals surface area contributed by atoms with Gasteiger partial charge in [-0.1, -0.05) is 49.2 Å². The summed E-state index contributed by atoms with van der Waals surface area (Å²) in [5.74, 6) is -2.61. The minimum Gasteiger partial charge on any atom is -0.483 e. The summed E-state index contributed by atoms with van der Waals surface area (Å²) in [4.78, 5) is 45.5. The normalized spacial score (nSPS) is 21.5. The van der Waals surface area contributed by atoms with E-state index in [0.29, 0.717) is 6.54 Å². The number of rotatable bonds is 8. The van der Waals surface area contributed by atoms with Crippen molar-refractivity contribution in [1.82, 2.24) is 19.7 Å². The summed E-state index contributed by atoms with van der Waals surface area (Å²) in [5, 5.41) is 12.4. The van der Waals surface area contributed by atoms with E-state index < -0.39 is 23.0 Å². The maximum Gasteiger partial charge on any atom is 0.276 e. The molecule has 0 bridgehead atoms. The Balaban J connectivity index is 1.38. The fourth-order valence-electron chi connectivity index (χ4n) is 6.71. The van der Waals surface area contributed by atoms with Gasteiger partial charge in [0.1, 0.15) is 30.0 Å². The van der Waals surface area contributed by atoms with Gasteiger partial charge in [0.25, 0.3) is 11.8 Å². The fraction of sp³-hybridized carbons (Fsp3) is 0.406. The summed E-state index contributed by atoms with van der Waals surface area (Å²) >= 11 is 0. The van der Waals surface area contributed by atoms with Gasteiger partial charge in [-0.25, -0.2) is 8.78 Å². The first kappa shape index (κ1) is 29.0. The standard InChI is InChI=1S/C32H34F2N4O5/c33-23-11-10-21(25(34)14-23)15-35-31(41)24-17-37-18-27-36(12-13-39)16-22-8-4-5-9-26(22)38(27)32(42)28(37)30(29(24)40)43-19-20-6-2-1-3-7-20/h1-3,6-7,10-11,14,17,22,26-27,39H,4-5,8-9,12-13,15-16,18-19H2,(H,35,41)/t22-,26-,27-/m0/s1. The number of aromatic nitrogens is 1. The van der Waals surface area contributed by atoms with Crippen LogP contribution in [0, 0.1) is 17.6 Å². The molecule has 0 radical (unpaired) electrons. The number of ether oxygens (including phenoxy) is 1. The number of β-amino-alcohol motifs (C(OH)–C–C–N with tert-alkyl or cyclic N) is 1. The molecular weight excluding hydrogens is 558 g/mol. The number of hydrogen-bond donors (Lipinski definition) is 2. The van der Waals surface area contributed by atoms with Gasteiger partial charge in [-0.3, -0.25) is 19.3 Å². The molecule has 43 heavy (non-hydrogen) atoms. The number of hydrogen-bond acceptors (Lipinski definition) is 6. The molecule has 0 unspecified atom stereocenters. The molecule has 2 aromatic carbocycles. The molecule has 1 aliphatic carbocycles. The van der Waals surface area contributed by atoms with E-state index in [1.807, 2.05) is 35.2 Å². The van der Waals surface area contributed by atoms with Crippen molar-refractivity contribution in [2.45, 2.75) is 57.6 Å². The highest BCUT2D eigenvalue weighted by Crippen LogP contribution is 2.39. The molecule has 2 aliphatic heterocycles. The number of pyridine rings is 1. The molecule has 9 nitrogen and oxygen atoms in total. The Kier molecular flexibility index (Phi) is 8.27. The SMILES string of the molecule is O=C(NCc1ccc(F)cc1F)c1cn2c(c(OCc3ccccc3)c1=O)C(=O)N1[C@H]3CCCC[C@H]3CN(CCO)[C@@H]1C2. The summed E-state index contributed by atoms with van der Waals surface area (Å²) in [6.45, 7) is 1.10. The molecule has 6 rings (SSSR count). The lowest BCUT2D eigenvalue weighted by atomic mass is 9.80. The van der Waals surface area contributed by atoms with Crippen molar-refractivity contribution >= 4 is 11.8 Å². The maximum atomic E-state index is 14.3. The number of nitrogens with one attached hydrogen (secondary N) is 1. The fourth-order valence-corrected chi connectivity index (χ4v) is 6.71. The van der Waals surface area contributed by atoms with Crippen molar-refractivity contribution in [3.63, 3.8) is 0 Å². The van der Waals surface area contributed by atoms with Gasteiger partial charge in [-0.05, 0) is 30.4 Å². The quantitative estimate of drug-likeness (QED) is 0.416. The average Bonchev–Trinajstić information content (AvgIpc) is 3.00. The summed E-state index contributed by atoms with van der Waals surface area (Å²) < 4.78 is 35.2. The van der Waals surface area contributed by atoms with Crippen LogP contribution < -0.4 is 15.5 Å². The monoisotopic (exact) mass is 592 g/mol. The van der Waals surface area contributed by atoms with Crippen LogP contribution in [0.3, 0.4) is 0 Å². The molecule has 226 valence electrons. The number of aliphatic hydroxyl groups is 1. The molecular formula is C32H34F2N4O5. The van der Waals surface area contributed by atoms with Gasteiger partial charge >= 0.3 is 0 Å². The van der Waals surface area contributed by atoms with Crippen molar-refractivity contribution in [3.05, 3.63) is 99.0 Å². The number of fused-ring (bicyclic) bond motifs is 4. The van der Waals surface area contributed by atoms with Gasteiger partial charge in [0, 0.05) is 43.5 Å². The third-order valence-corrected chi connectivity index (χ3v) is 8.79. The largest absolute Gasteiger partial charge is 0.483 e. The summed E-state index contributed by atoms with van der Waals surface area (Å²) in [5.41, 5.74) is -0.0643. The third kappa shape index (κ3) is 5.66. The zero-order valence-electron chi connectivity index (χ0n) is 23.7. The first-order valence-corrected chi connectivity index (χ1v) is 14.7. The number of nitrogens with zero attached hydrogens (tertiary/aromatic N) is 3. The molecule has 2 fully saturated rings. The van der Waals surface area contributed by atoms with Crippen LogP contribution in [0.25, 0.3) is 0 Å². The van der Waals surface area contributed by atoms with Gasteiger partial charge in [-0.15, -0.1) is 0 Å². The van der Waals surface area contributed by atoms with Crippen molar-refractivity contribution in [2.24, 2.45) is 5.92 Å². The lowest BCUT2D eigenvalue weighted by Crippen LogP contribution is -2.68. The van der Waals surface area contributed by atoms with Crippen LogP contribution in [0.1, 0.15) is 57.7 Å². The highest BCUT2D eigenvalue weighted by Gasteiger charge is 2.48. The van der Waals surface area contributed by atoms with Gasteiger partial charge in [0.05, 0.1) is 13.2 Å². The minimum atomic E-state index is -0.817. The molecule has 3 aliphatic rings. The number of aliphatic hydroxyl groups excluding tert-OH is 1. The van der Waals surface area contributed by atoms with Gasteiger partial charge in [-0.2, -0.15) is 0 Å². The Morgan fingerprint density at radius 3 is 2.60 bits per heavy atom. The lowest BCUT2D eigenvalue weighted by molar-refractivity contribution is -0.0774. The van der Waals surface area contributed by atoms with E-state index in [1.165, 1.54) is 12.3 Å². The average molecular weight is 593 g/mol. The van der Waals surface area contributed by atoms with Crippen LogP contribution in [0.2, 0.25) is 0 Å². The maximum absolute atomic E-state index is 14.3. The predicted molar refractivity (Wildman–Crippen MR) is 153 cm³/mol.